The van der Waals surface area contributed by atoms with E-state index in [1.807, 2.05) is 0 Å². The molecule has 2 N–H and O–H groups in total. The molecule has 0 aromatic heterocycles. The molecule has 0 heterocycles. The lowest BCUT2D eigenvalue weighted by atomic mass is 9.87. The van der Waals surface area contributed by atoms with E-state index in [1.165, 1.54) is 103 Å². The largest absolute Gasteiger partial charge is 0.330 e. The van der Waals surface area contributed by atoms with Crippen molar-refractivity contribution in [3.63, 3.8) is 0 Å². The third kappa shape index (κ3) is 10.4. The van der Waals surface area contributed by atoms with E-state index in [0.29, 0.717) is 0 Å². The van der Waals surface area contributed by atoms with Gasteiger partial charge in [-0.1, -0.05) is 96.3 Å². The highest BCUT2D eigenvalue weighted by atomic mass is 14.5. The van der Waals surface area contributed by atoms with Gasteiger partial charge in [0.15, 0.2) is 0 Å². The maximum absolute atomic E-state index is 5.50. The van der Waals surface area contributed by atoms with E-state index >= 15 is 0 Å². The zero-order valence-electron chi connectivity index (χ0n) is 13.2. The summed E-state index contributed by atoms with van der Waals surface area (Å²) in [6.45, 7) is 0.876. The van der Waals surface area contributed by atoms with Gasteiger partial charge in [0.2, 0.25) is 0 Å². The molecule has 0 atom stereocenters. The molecule has 0 aromatic carbocycles. The van der Waals surface area contributed by atoms with E-state index in [4.69, 9.17) is 5.73 Å². The molecular formula is C18H37N. The molecule has 0 unspecified atom stereocenters. The molecule has 0 saturated heterocycles. The Balaban J connectivity index is 1.84. The lowest BCUT2D eigenvalue weighted by Gasteiger charge is -2.19. The van der Waals surface area contributed by atoms with E-state index in [-0.39, 0.29) is 0 Å². The average Bonchev–Trinajstić information content (AvgIpc) is 2.39. The van der Waals surface area contributed by atoms with Gasteiger partial charge in [-0.15, -0.1) is 0 Å². The first-order valence-corrected chi connectivity index (χ1v) is 9.13. The molecule has 114 valence electrons. The molecule has 1 rings (SSSR count). The van der Waals surface area contributed by atoms with Crippen LogP contribution in [0.25, 0.3) is 0 Å². The third-order valence-electron chi connectivity index (χ3n) is 4.79. The molecule has 0 amide bonds. The van der Waals surface area contributed by atoms with Crippen molar-refractivity contribution in [3.8, 4) is 0 Å². The summed E-state index contributed by atoms with van der Waals surface area (Å²) in [6.07, 6.45) is 23.4. The molecule has 1 saturated carbocycles. The Morgan fingerprint density at radius 2 is 1.05 bits per heavy atom. The fourth-order valence-corrected chi connectivity index (χ4v) is 3.47. The molecule has 0 bridgehead atoms. The molecule has 1 nitrogen and oxygen atoms in total. The summed E-state index contributed by atoms with van der Waals surface area (Å²) in [7, 11) is 0. The topological polar surface area (TPSA) is 26.0 Å². The van der Waals surface area contributed by atoms with Gasteiger partial charge in [-0.2, -0.15) is 0 Å². The summed E-state index contributed by atoms with van der Waals surface area (Å²) in [4.78, 5) is 0. The second-order valence-corrected chi connectivity index (χ2v) is 6.62. The van der Waals surface area contributed by atoms with Gasteiger partial charge in [0, 0.05) is 0 Å². The molecule has 1 heteroatoms. The smallest absolute Gasteiger partial charge is 0.00773 e. The second-order valence-electron chi connectivity index (χ2n) is 6.62. The Labute approximate surface area is 121 Å². The van der Waals surface area contributed by atoms with E-state index in [9.17, 15) is 0 Å². The Bertz CT molecular complexity index is 171. The van der Waals surface area contributed by atoms with Crippen molar-refractivity contribution < 1.29 is 0 Å². The van der Waals surface area contributed by atoms with Crippen molar-refractivity contribution in [1.82, 2.24) is 0 Å². The second kappa shape index (κ2) is 13.0. The van der Waals surface area contributed by atoms with Crippen molar-refractivity contribution in [1.29, 1.82) is 0 Å². The molecule has 1 aliphatic carbocycles. The number of hydrogen-bond acceptors (Lipinski definition) is 1. The Hall–Kier alpha value is -0.0400. The highest BCUT2D eigenvalue weighted by Gasteiger charge is 2.10. The Kier molecular flexibility index (Phi) is 11.6. The van der Waals surface area contributed by atoms with Gasteiger partial charge in [-0.3, -0.25) is 0 Å². The highest BCUT2D eigenvalue weighted by Crippen LogP contribution is 2.26. The SMILES string of the molecule is NCCCCCCCCCCC1CCCCCCC1. The third-order valence-corrected chi connectivity index (χ3v) is 4.79. The lowest BCUT2D eigenvalue weighted by Crippen LogP contribution is -2.03. The maximum atomic E-state index is 5.50. The van der Waals surface area contributed by atoms with Crippen LogP contribution >= 0.6 is 0 Å². The van der Waals surface area contributed by atoms with Gasteiger partial charge in [0.1, 0.15) is 0 Å². The lowest BCUT2D eigenvalue weighted by molar-refractivity contribution is 0.346. The van der Waals surface area contributed by atoms with Crippen molar-refractivity contribution in [2.75, 3.05) is 6.54 Å². The van der Waals surface area contributed by atoms with E-state index < -0.39 is 0 Å². The van der Waals surface area contributed by atoms with Crippen molar-refractivity contribution >= 4 is 0 Å². The molecule has 1 fully saturated rings. The zero-order valence-corrected chi connectivity index (χ0v) is 13.2. The van der Waals surface area contributed by atoms with Crippen LogP contribution in [0, 0.1) is 5.92 Å². The normalized spacial score (nSPS) is 18.2. The maximum Gasteiger partial charge on any atom is -0.00773 e. The van der Waals surface area contributed by atoms with Crippen LogP contribution in [0.5, 0.6) is 0 Å². The van der Waals surface area contributed by atoms with Crippen LogP contribution in [0.2, 0.25) is 0 Å². The monoisotopic (exact) mass is 267 g/mol. The summed E-state index contributed by atoms with van der Waals surface area (Å²) >= 11 is 0. The van der Waals surface area contributed by atoms with Gasteiger partial charge in [0.05, 0.1) is 0 Å². The van der Waals surface area contributed by atoms with Crippen LogP contribution in [0.1, 0.15) is 103 Å². The summed E-state index contributed by atoms with van der Waals surface area (Å²) in [6, 6.07) is 0. The van der Waals surface area contributed by atoms with Crippen LogP contribution in [0.15, 0.2) is 0 Å². The molecule has 0 aliphatic heterocycles. The van der Waals surface area contributed by atoms with E-state index in [1.54, 1.807) is 0 Å². The predicted octanol–water partition coefficient (Wildman–Crippen LogP) is 5.82. The summed E-state index contributed by atoms with van der Waals surface area (Å²) in [5, 5.41) is 0. The molecule has 19 heavy (non-hydrogen) atoms. The van der Waals surface area contributed by atoms with Crippen LogP contribution in [-0.2, 0) is 0 Å². The van der Waals surface area contributed by atoms with Gasteiger partial charge < -0.3 is 5.73 Å². The van der Waals surface area contributed by atoms with Crippen LogP contribution in [0.4, 0.5) is 0 Å². The molecule has 0 radical (unpaired) electrons. The highest BCUT2D eigenvalue weighted by molar-refractivity contribution is 4.64. The first-order chi connectivity index (χ1) is 9.43. The van der Waals surface area contributed by atoms with Gasteiger partial charge >= 0.3 is 0 Å². The Morgan fingerprint density at radius 1 is 0.579 bits per heavy atom. The fourth-order valence-electron chi connectivity index (χ4n) is 3.47. The van der Waals surface area contributed by atoms with E-state index in [0.717, 1.165) is 12.5 Å². The average molecular weight is 268 g/mol. The quantitative estimate of drug-likeness (QED) is 0.496. The first kappa shape index (κ1) is 17.0. The van der Waals surface area contributed by atoms with Gasteiger partial charge in [-0.05, 0) is 18.9 Å². The number of unbranched alkanes of at least 4 members (excludes halogenated alkanes) is 7. The molecule has 1 aliphatic rings. The number of nitrogens with two attached hydrogens (primary N) is 1. The van der Waals surface area contributed by atoms with Crippen LogP contribution in [-0.4, -0.2) is 6.54 Å². The molecule has 0 aromatic rings. The fraction of sp³-hybridized carbons (Fsp3) is 1.00. The Morgan fingerprint density at radius 3 is 1.63 bits per heavy atom. The summed E-state index contributed by atoms with van der Waals surface area (Å²) in [5.41, 5.74) is 5.50. The van der Waals surface area contributed by atoms with Crippen molar-refractivity contribution in [2.45, 2.75) is 103 Å². The number of rotatable bonds is 10. The van der Waals surface area contributed by atoms with Crippen molar-refractivity contribution in [3.05, 3.63) is 0 Å². The first-order valence-electron chi connectivity index (χ1n) is 9.13. The van der Waals surface area contributed by atoms with Crippen molar-refractivity contribution in [2.24, 2.45) is 11.7 Å². The summed E-state index contributed by atoms with van der Waals surface area (Å²) < 4.78 is 0. The minimum atomic E-state index is 0.876. The minimum Gasteiger partial charge on any atom is -0.330 e. The minimum absolute atomic E-state index is 0.876. The molecular weight excluding hydrogens is 230 g/mol. The number of hydrogen-bond donors (Lipinski definition) is 1. The van der Waals surface area contributed by atoms with Crippen LogP contribution in [0.3, 0.4) is 0 Å². The predicted molar refractivity (Wildman–Crippen MR) is 86.4 cm³/mol. The van der Waals surface area contributed by atoms with Crippen LogP contribution < -0.4 is 5.73 Å². The van der Waals surface area contributed by atoms with E-state index in [2.05, 4.69) is 0 Å². The van der Waals surface area contributed by atoms with Gasteiger partial charge in [-0.25, -0.2) is 0 Å². The summed E-state index contributed by atoms with van der Waals surface area (Å²) in [5.74, 6) is 1.07. The van der Waals surface area contributed by atoms with Gasteiger partial charge in [0.25, 0.3) is 0 Å². The standard InChI is InChI=1S/C18H37N/c19-17-13-9-4-2-1-3-6-10-14-18-15-11-7-5-8-12-16-18/h18H,1-17,19H2. The molecule has 0 spiro atoms. The zero-order chi connectivity index (χ0) is 13.6.